The first-order chi connectivity index (χ1) is 8.08. The van der Waals surface area contributed by atoms with Crippen LogP contribution in [-0.2, 0) is 0 Å². The summed E-state index contributed by atoms with van der Waals surface area (Å²) in [5, 5.41) is 3.38. The smallest absolute Gasteiger partial charge is 0.158 e. The lowest BCUT2D eigenvalue weighted by Crippen LogP contribution is -2.01. The van der Waals surface area contributed by atoms with E-state index in [-0.39, 0.29) is 5.15 Å². The fraction of sp³-hybridized carbons (Fsp3) is 0.167. The standard InChI is InChI=1S/C12H13ClN4/c1-7-3-4-9(5-8(7)2)17-12-10(14)11(13)15-6-16-12/h3-6H,14H2,1-2H3,(H,15,16,17). The van der Waals surface area contributed by atoms with Gasteiger partial charge in [-0.05, 0) is 37.1 Å². The monoisotopic (exact) mass is 248 g/mol. The maximum absolute atomic E-state index is 5.82. The van der Waals surface area contributed by atoms with Crippen LogP contribution in [-0.4, -0.2) is 9.97 Å². The van der Waals surface area contributed by atoms with Crippen molar-refractivity contribution in [2.45, 2.75) is 13.8 Å². The number of nitrogens with one attached hydrogen (secondary N) is 1. The van der Waals surface area contributed by atoms with E-state index in [0.29, 0.717) is 11.5 Å². The van der Waals surface area contributed by atoms with Gasteiger partial charge in [0.25, 0.3) is 0 Å². The predicted octanol–water partition coefficient (Wildman–Crippen LogP) is 3.07. The zero-order chi connectivity index (χ0) is 12.4. The van der Waals surface area contributed by atoms with Gasteiger partial charge in [0.1, 0.15) is 12.0 Å². The molecule has 88 valence electrons. The van der Waals surface area contributed by atoms with E-state index >= 15 is 0 Å². The van der Waals surface area contributed by atoms with Crippen molar-refractivity contribution < 1.29 is 0 Å². The van der Waals surface area contributed by atoms with Gasteiger partial charge in [0, 0.05) is 5.69 Å². The molecule has 0 bridgehead atoms. The van der Waals surface area contributed by atoms with Crippen molar-refractivity contribution in [3.8, 4) is 0 Å². The third-order valence-corrected chi connectivity index (χ3v) is 2.91. The van der Waals surface area contributed by atoms with Crippen molar-refractivity contribution in [1.29, 1.82) is 0 Å². The minimum absolute atomic E-state index is 0.256. The molecule has 0 amide bonds. The zero-order valence-electron chi connectivity index (χ0n) is 9.66. The van der Waals surface area contributed by atoms with Crippen LogP contribution in [0.4, 0.5) is 17.2 Å². The number of aromatic nitrogens is 2. The molecular weight excluding hydrogens is 236 g/mol. The van der Waals surface area contributed by atoms with Gasteiger partial charge in [-0.1, -0.05) is 17.7 Å². The second kappa shape index (κ2) is 4.59. The Morgan fingerprint density at radius 3 is 2.65 bits per heavy atom. The Morgan fingerprint density at radius 1 is 1.18 bits per heavy atom. The molecule has 0 unspecified atom stereocenters. The summed E-state index contributed by atoms with van der Waals surface area (Å²) in [5.74, 6) is 0.522. The third-order valence-electron chi connectivity index (χ3n) is 2.60. The van der Waals surface area contributed by atoms with E-state index < -0.39 is 0 Å². The SMILES string of the molecule is Cc1ccc(Nc2ncnc(Cl)c2N)cc1C. The molecule has 4 nitrogen and oxygen atoms in total. The molecule has 5 heteroatoms. The molecule has 0 saturated heterocycles. The molecule has 0 saturated carbocycles. The number of nitrogen functional groups attached to an aromatic ring is 1. The lowest BCUT2D eigenvalue weighted by molar-refractivity contribution is 1.17. The lowest BCUT2D eigenvalue weighted by atomic mass is 10.1. The first kappa shape index (κ1) is 11.7. The maximum Gasteiger partial charge on any atom is 0.158 e. The molecule has 1 heterocycles. The Bertz CT molecular complexity index is 554. The van der Waals surface area contributed by atoms with Crippen molar-refractivity contribution >= 4 is 28.8 Å². The maximum atomic E-state index is 5.82. The summed E-state index contributed by atoms with van der Waals surface area (Å²) < 4.78 is 0. The number of halogens is 1. The number of hydrogen-bond donors (Lipinski definition) is 2. The number of rotatable bonds is 2. The molecule has 2 rings (SSSR count). The fourth-order valence-electron chi connectivity index (χ4n) is 1.43. The highest BCUT2D eigenvalue weighted by atomic mass is 35.5. The normalized spacial score (nSPS) is 10.3. The summed E-state index contributed by atoms with van der Waals surface area (Å²) in [6.07, 6.45) is 1.38. The average molecular weight is 249 g/mol. The van der Waals surface area contributed by atoms with Gasteiger partial charge in [0.2, 0.25) is 0 Å². The molecule has 0 atom stereocenters. The topological polar surface area (TPSA) is 63.8 Å². The summed E-state index contributed by atoms with van der Waals surface area (Å²) >= 11 is 5.82. The van der Waals surface area contributed by atoms with Crippen LogP contribution in [0, 0.1) is 13.8 Å². The minimum atomic E-state index is 0.256. The molecule has 3 N–H and O–H groups in total. The first-order valence-corrected chi connectivity index (χ1v) is 5.56. The second-order valence-corrected chi connectivity index (χ2v) is 4.21. The van der Waals surface area contributed by atoms with Crippen LogP contribution in [0.3, 0.4) is 0 Å². The van der Waals surface area contributed by atoms with Crippen molar-refractivity contribution in [2.75, 3.05) is 11.1 Å². The Balaban J connectivity index is 2.31. The summed E-state index contributed by atoms with van der Waals surface area (Å²) in [6, 6.07) is 6.04. The first-order valence-electron chi connectivity index (χ1n) is 5.18. The molecule has 0 aliphatic carbocycles. The Kier molecular flexibility index (Phi) is 3.15. The van der Waals surface area contributed by atoms with Crippen LogP contribution in [0.2, 0.25) is 5.15 Å². The van der Waals surface area contributed by atoms with E-state index in [9.17, 15) is 0 Å². The summed E-state index contributed by atoms with van der Waals surface area (Å²) in [6.45, 7) is 4.12. The highest BCUT2D eigenvalue weighted by Crippen LogP contribution is 2.26. The molecule has 0 aliphatic rings. The quantitative estimate of drug-likeness (QED) is 0.802. The van der Waals surface area contributed by atoms with Crippen LogP contribution < -0.4 is 11.1 Å². The van der Waals surface area contributed by atoms with Crippen LogP contribution in [0.15, 0.2) is 24.5 Å². The number of nitrogens with two attached hydrogens (primary N) is 1. The summed E-state index contributed by atoms with van der Waals surface area (Å²) in [7, 11) is 0. The van der Waals surface area contributed by atoms with E-state index in [1.54, 1.807) is 0 Å². The zero-order valence-corrected chi connectivity index (χ0v) is 10.4. The van der Waals surface area contributed by atoms with Crippen LogP contribution >= 0.6 is 11.6 Å². The molecule has 0 radical (unpaired) electrons. The van der Waals surface area contributed by atoms with Gasteiger partial charge in [-0.3, -0.25) is 0 Å². The van der Waals surface area contributed by atoms with E-state index in [2.05, 4.69) is 29.1 Å². The molecular formula is C12H13ClN4. The van der Waals surface area contributed by atoms with Crippen LogP contribution in [0.25, 0.3) is 0 Å². The lowest BCUT2D eigenvalue weighted by Gasteiger charge is -2.10. The molecule has 1 aromatic heterocycles. The number of nitrogens with zero attached hydrogens (tertiary/aromatic N) is 2. The van der Waals surface area contributed by atoms with Gasteiger partial charge in [0.15, 0.2) is 11.0 Å². The largest absolute Gasteiger partial charge is 0.393 e. The second-order valence-electron chi connectivity index (χ2n) is 3.85. The van der Waals surface area contributed by atoms with Gasteiger partial charge in [-0.25, -0.2) is 9.97 Å². The number of hydrogen-bond acceptors (Lipinski definition) is 4. The van der Waals surface area contributed by atoms with Crippen molar-refractivity contribution in [3.63, 3.8) is 0 Å². The van der Waals surface area contributed by atoms with Crippen molar-refractivity contribution in [1.82, 2.24) is 9.97 Å². The molecule has 0 aliphatic heterocycles. The molecule has 2 aromatic rings. The van der Waals surface area contributed by atoms with E-state index in [0.717, 1.165) is 5.69 Å². The number of anilines is 3. The van der Waals surface area contributed by atoms with Gasteiger partial charge < -0.3 is 11.1 Å². The number of benzene rings is 1. The van der Waals surface area contributed by atoms with Gasteiger partial charge in [-0.15, -0.1) is 0 Å². The Morgan fingerprint density at radius 2 is 1.94 bits per heavy atom. The van der Waals surface area contributed by atoms with Gasteiger partial charge in [-0.2, -0.15) is 0 Å². The summed E-state index contributed by atoms with van der Waals surface area (Å²) in [4.78, 5) is 7.86. The molecule has 17 heavy (non-hydrogen) atoms. The van der Waals surface area contributed by atoms with E-state index in [1.165, 1.54) is 17.5 Å². The third kappa shape index (κ3) is 2.47. The highest BCUT2D eigenvalue weighted by molar-refractivity contribution is 6.32. The van der Waals surface area contributed by atoms with Crippen molar-refractivity contribution in [2.24, 2.45) is 0 Å². The molecule has 1 aromatic carbocycles. The highest BCUT2D eigenvalue weighted by Gasteiger charge is 2.06. The number of aryl methyl sites for hydroxylation is 2. The molecule has 0 fully saturated rings. The fourth-order valence-corrected chi connectivity index (χ4v) is 1.56. The van der Waals surface area contributed by atoms with E-state index in [4.69, 9.17) is 17.3 Å². The van der Waals surface area contributed by atoms with Crippen LogP contribution in [0.5, 0.6) is 0 Å². The predicted molar refractivity (Wildman–Crippen MR) is 70.7 cm³/mol. The van der Waals surface area contributed by atoms with Gasteiger partial charge in [0.05, 0.1) is 0 Å². The van der Waals surface area contributed by atoms with Crippen molar-refractivity contribution in [3.05, 3.63) is 40.8 Å². The van der Waals surface area contributed by atoms with Gasteiger partial charge >= 0.3 is 0 Å². The molecule has 0 spiro atoms. The van der Waals surface area contributed by atoms with Crippen LogP contribution in [0.1, 0.15) is 11.1 Å². The Labute approximate surface area is 105 Å². The summed E-state index contributed by atoms with van der Waals surface area (Å²) in [5.41, 5.74) is 9.50. The van der Waals surface area contributed by atoms with E-state index in [1.807, 2.05) is 18.2 Å². The Hall–Kier alpha value is -1.81. The minimum Gasteiger partial charge on any atom is -0.393 e. The average Bonchev–Trinajstić information content (AvgIpc) is 2.30.